The van der Waals surface area contributed by atoms with Gasteiger partial charge in [-0.2, -0.15) is 0 Å². The van der Waals surface area contributed by atoms with E-state index in [0.29, 0.717) is 0 Å². The highest BCUT2D eigenvalue weighted by molar-refractivity contribution is 4.96. The van der Waals surface area contributed by atoms with Gasteiger partial charge >= 0.3 is 0 Å². The molecule has 0 fully saturated rings. The average molecular weight is 126 g/mol. The van der Waals surface area contributed by atoms with Crippen molar-refractivity contribution in [1.29, 1.82) is 0 Å². The number of allylic oxidation sites excluding steroid dienone is 1. The predicted octanol–water partition coefficient (Wildman–Crippen LogP) is 1.28. The monoisotopic (exact) mass is 126 g/mol. The molecule has 0 amide bonds. The van der Waals surface area contributed by atoms with Crippen LogP contribution in [0.5, 0.6) is 0 Å². The van der Waals surface area contributed by atoms with Crippen LogP contribution in [0.25, 0.3) is 0 Å². The maximum Gasteiger partial charge on any atom is 0.275 e. The normalized spacial score (nSPS) is 26.0. The SMILES string of the molecule is C1=C2OCCC1CCO2. The maximum atomic E-state index is 5.19. The minimum atomic E-state index is 0.738. The highest BCUT2D eigenvalue weighted by Gasteiger charge is 2.19. The predicted molar refractivity (Wildman–Crippen MR) is 32.7 cm³/mol. The molecule has 2 nitrogen and oxygen atoms in total. The molecule has 0 atom stereocenters. The van der Waals surface area contributed by atoms with E-state index in [4.69, 9.17) is 9.47 Å². The molecule has 0 spiro atoms. The van der Waals surface area contributed by atoms with E-state index in [1.54, 1.807) is 0 Å². The standard InChI is InChI=1S/C7H10O2/c1-3-8-7-5-6(1)2-4-9-7/h5-6H,1-4H2. The topological polar surface area (TPSA) is 18.5 Å². The highest BCUT2D eigenvalue weighted by atomic mass is 16.7. The molecule has 50 valence electrons. The number of hydrogen-bond acceptors (Lipinski definition) is 2. The van der Waals surface area contributed by atoms with Crippen LogP contribution in [0.1, 0.15) is 12.8 Å². The summed E-state index contributed by atoms with van der Waals surface area (Å²) < 4.78 is 10.4. The van der Waals surface area contributed by atoms with Crippen LogP contribution in [-0.2, 0) is 9.47 Å². The lowest BCUT2D eigenvalue weighted by Gasteiger charge is -2.26. The van der Waals surface area contributed by atoms with Crippen LogP contribution in [0.15, 0.2) is 12.0 Å². The van der Waals surface area contributed by atoms with Gasteiger partial charge in [0.2, 0.25) is 0 Å². The lowest BCUT2D eigenvalue weighted by atomic mass is 10.00. The number of ether oxygens (including phenoxy) is 2. The van der Waals surface area contributed by atoms with E-state index in [0.717, 1.165) is 25.1 Å². The first kappa shape index (κ1) is 5.15. The van der Waals surface area contributed by atoms with Gasteiger partial charge in [0.05, 0.1) is 13.2 Å². The molecular weight excluding hydrogens is 116 g/mol. The Balaban J connectivity index is 2.15. The summed E-state index contributed by atoms with van der Waals surface area (Å²) in [7, 11) is 0. The first-order valence-corrected chi connectivity index (χ1v) is 3.42. The minimum Gasteiger partial charge on any atom is -0.466 e. The third-order valence-electron chi connectivity index (χ3n) is 1.84. The van der Waals surface area contributed by atoms with Crippen molar-refractivity contribution in [2.24, 2.45) is 5.92 Å². The van der Waals surface area contributed by atoms with E-state index < -0.39 is 0 Å². The Kier molecular flexibility index (Phi) is 1.11. The Morgan fingerprint density at radius 1 is 1.22 bits per heavy atom. The Bertz CT molecular complexity index is 128. The maximum absolute atomic E-state index is 5.19. The third-order valence-corrected chi connectivity index (χ3v) is 1.84. The van der Waals surface area contributed by atoms with Crippen molar-refractivity contribution in [2.75, 3.05) is 13.2 Å². The van der Waals surface area contributed by atoms with Gasteiger partial charge in [0.25, 0.3) is 5.95 Å². The molecule has 2 aliphatic rings. The van der Waals surface area contributed by atoms with Crippen molar-refractivity contribution >= 4 is 0 Å². The van der Waals surface area contributed by atoms with E-state index in [1.807, 2.05) is 0 Å². The molecule has 0 saturated heterocycles. The van der Waals surface area contributed by atoms with Crippen molar-refractivity contribution in [1.82, 2.24) is 0 Å². The molecular formula is C7H10O2. The van der Waals surface area contributed by atoms with Crippen molar-refractivity contribution in [3.63, 3.8) is 0 Å². The summed E-state index contributed by atoms with van der Waals surface area (Å²) in [5.74, 6) is 1.50. The first-order valence-electron chi connectivity index (χ1n) is 3.42. The van der Waals surface area contributed by atoms with Crippen molar-refractivity contribution < 1.29 is 9.47 Å². The largest absolute Gasteiger partial charge is 0.466 e. The van der Waals surface area contributed by atoms with E-state index in [1.165, 1.54) is 12.8 Å². The molecule has 2 aliphatic heterocycles. The lowest BCUT2D eigenvalue weighted by molar-refractivity contribution is -0.0116. The second-order valence-electron chi connectivity index (χ2n) is 2.52. The quantitative estimate of drug-likeness (QED) is 0.487. The van der Waals surface area contributed by atoms with Crippen LogP contribution in [0, 0.1) is 5.92 Å². The van der Waals surface area contributed by atoms with Gasteiger partial charge in [-0.25, -0.2) is 0 Å². The third kappa shape index (κ3) is 0.889. The van der Waals surface area contributed by atoms with E-state index >= 15 is 0 Å². The van der Waals surface area contributed by atoms with Crippen LogP contribution in [0.4, 0.5) is 0 Å². The van der Waals surface area contributed by atoms with Crippen LogP contribution >= 0.6 is 0 Å². The van der Waals surface area contributed by atoms with Gasteiger partial charge in [0.15, 0.2) is 0 Å². The zero-order valence-electron chi connectivity index (χ0n) is 5.30. The Morgan fingerprint density at radius 3 is 2.33 bits per heavy atom. The summed E-state index contributed by atoms with van der Waals surface area (Å²) in [6.07, 6.45) is 4.44. The van der Waals surface area contributed by atoms with Gasteiger partial charge < -0.3 is 9.47 Å². The fourth-order valence-corrected chi connectivity index (χ4v) is 1.26. The van der Waals surface area contributed by atoms with Crippen LogP contribution < -0.4 is 0 Å². The van der Waals surface area contributed by atoms with Crippen LogP contribution in [-0.4, -0.2) is 13.2 Å². The molecule has 2 heterocycles. The highest BCUT2D eigenvalue weighted by Crippen LogP contribution is 2.24. The number of fused-ring (bicyclic) bond motifs is 1. The molecule has 2 heteroatoms. The second-order valence-corrected chi connectivity index (χ2v) is 2.52. The Labute approximate surface area is 54.5 Å². The molecule has 9 heavy (non-hydrogen) atoms. The average Bonchev–Trinajstić information content (AvgIpc) is 1.88. The molecule has 0 saturated carbocycles. The molecule has 0 aromatic carbocycles. The summed E-state index contributed by atoms with van der Waals surface area (Å²) >= 11 is 0. The zero-order chi connectivity index (χ0) is 6.10. The smallest absolute Gasteiger partial charge is 0.275 e. The molecule has 0 radical (unpaired) electrons. The summed E-state index contributed by atoms with van der Waals surface area (Å²) in [5, 5.41) is 0. The fourth-order valence-electron chi connectivity index (χ4n) is 1.26. The molecule has 0 aromatic rings. The van der Waals surface area contributed by atoms with Gasteiger partial charge in [-0.05, 0) is 24.8 Å². The Hall–Kier alpha value is -0.660. The van der Waals surface area contributed by atoms with E-state index in [9.17, 15) is 0 Å². The van der Waals surface area contributed by atoms with Crippen LogP contribution in [0.2, 0.25) is 0 Å². The van der Waals surface area contributed by atoms with Crippen molar-refractivity contribution in [3.05, 3.63) is 12.0 Å². The molecule has 2 bridgehead atoms. The number of rotatable bonds is 0. The first-order chi connectivity index (χ1) is 4.45. The summed E-state index contributed by atoms with van der Waals surface area (Å²) in [6, 6.07) is 0. The molecule has 0 aromatic heterocycles. The van der Waals surface area contributed by atoms with Crippen LogP contribution in [0.3, 0.4) is 0 Å². The molecule has 0 unspecified atom stereocenters. The minimum absolute atomic E-state index is 0.738. The lowest BCUT2D eigenvalue weighted by Crippen LogP contribution is -2.19. The van der Waals surface area contributed by atoms with Gasteiger partial charge in [0, 0.05) is 0 Å². The number of hydrogen-bond donors (Lipinski definition) is 0. The van der Waals surface area contributed by atoms with Gasteiger partial charge in [-0.15, -0.1) is 0 Å². The summed E-state index contributed by atoms with van der Waals surface area (Å²) in [4.78, 5) is 0. The zero-order valence-corrected chi connectivity index (χ0v) is 5.30. The Morgan fingerprint density at radius 2 is 1.89 bits per heavy atom. The summed E-state index contributed by atoms with van der Waals surface area (Å²) in [5.41, 5.74) is 0. The summed E-state index contributed by atoms with van der Waals surface area (Å²) in [6.45, 7) is 1.69. The van der Waals surface area contributed by atoms with E-state index in [2.05, 4.69) is 6.08 Å². The van der Waals surface area contributed by atoms with Gasteiger partial charge in [0.1, 0.15) is 0 Å². The van der Waals surface area contributed by atoms with Crippen molar-refractivity contribution in [3.8, 4) is 0 Å². The van der Waals surface area contributed by atoms with Gasteiger partial charge in [-0.3, -0.25) is 0 Å². The van der Waals surface area contributed by atoms with Crippen molar-refractivity contribution in [2.45, 2.75) is 12.8 Å². The van der Waals surface area contributed by atoms with E-state index in [-0.39, 0.29) is 0 Å². The second kappa shape index (κ2) is 1.94. The molecule has 0 aliphatic carbocycles. The fraction of sp³-hybridized carbons (Fsp3) is 0.714. The molecule has 0 N–H and O–H groups in total. The molecule has 2 rings (SSSR count). The van der Waals surface area contributed by atoms with Gasteiger partial charge in [-0.1, -0.05) is 0 Å².